The molecule has 25 heavy (non-hydrogen) atoms. The number of hydrogen-bond donors (Lipinski definition) is 2. The number of ether oxygens (including phenoxy) is 1. The van der Waals surface area contributed by atoms with Gasteiger partial charge in [-0.05, 0) is 57.9 Å². The van der Waals surface area contributed by atoms with Crippen LogP contribution in [0.2, 0.25) is 0 Å². The van der Waals surface area contributed by atoms with E-state index in [1.54, 1.807) is 29.2 Å². The number of nitrogens with zero attached hydrogens (tertiary/aromatic N) is 1. The van der Waals surface area contributed by atoms with Gasteiger partial charge in [-0.25, -0.2) is 4.79 Å². The Bertz CT molecular complexity index is 649. The lowest BCUT2D eigenvalue weighted by molar-refractivity contribution is -0.121. The maximum atomic E-state index is 12.5. The first-order chi connectivity index (χ1) is 11.7. The van der Waals surface area contributed by atoms with Gasteiger partial charge in [0.15, 0.2) is 0 Å². The van der Waals surface area contributed by atoms with E-state index in [-0.39, 0.29) is 11.8 Å². The zero-order valence-corrected chi connectivity index (χ0v) is 14.9. The molecule has 1 saturated heterocycles. The Labute approximate surface area is 147 Å². The quantitative estimate of drug-likeness (QED) is 0.876. The Morgan fingerprint density at radius 3 is 2.40 bits per heavy atom. The summed E-state index contributed by atoms with van der Waals surface area (Å²) in [5.41, 5.74) is 5.60. The summed E-state index contributed by atoms with van der Waals surface area (Å²) in [5, 5.41) is 2.82. The highest BCUT2D eigenvalue weighted by molar-refractivity contribution is 5.95. The van der Waals surface area contributed by atoms with E-state index >= 15 is 0 Å². The molecule has 1 aromatic rings. The van der Waals surface area contributed by atoms with Gasteiger partial charge in [-0.15, -0.1) is 0 Å². The molecule has 0 radical (unpaired) electrons. The largest absolute Gasteiger partial charge is 0.444 e. The number of nitrogens with one attached hydrogen (secondary N) is 1. The average Bonchev–Trinajstić information content (AvgIpc) is 2.54. The molecule has 1 unspecified atom stereocenters. The number of nitrogens with two attached hydrogens (primary N) is 1. The molecule has 136 valence electrons. The molecule has 2 rings (SSSR count). The van der Waals surface area contributed by atoms with Crippen LogP contribution in [0.25, 0.3) is 0 Å². The molecule has 1 fully saturated rings. The van der Waals surface area contributed by atoms with Crippen LogP contribution < -0.4 is 11.1 Å². The van der Waals surface area contributed by atoms with E-state index in [1.807, 2.05) is 20.8 Å². The zero-order chi connectivity index (χ0) is 18.6. The van der Waals surface area contributed by atoms with Gasteiger partial charge in [0.05, 0.1) is 5.92 Å². The standard InChI is InChI=1S/C18H25N3O4/c1-18(2,3)25-17(24)21-10-4-5-13(11-21)16(23)20-14-8-6-12(7-9-14)15(19)22/h6-9,13H,4-5,10-11H2,1-3H3,(H2,19,22)(H,20,23). The number of amides is 3. The van der Waals surface area contributed by atoms with Crippen LogP contribution in [0.1, 0.15) is 44.0 Å². The monoisotopic (exact) mass is 347 g/mol. The molecule has 1 aromatic carbocycles. The number of piperidine rings is 1. The van der Waals surface area contributed by atoms with Crippen LogP contribution in [0, 0.1) is 5.92 Å². The number of carbonyl (C=O) groups excluding carboxylic acids is 3. The summed E-state index contributed by atoms with van der Waals surface area (Å²) in [6.07, 6.45) is 1.07. The van der Waals surface area contributed by atoms with Crippen molar-refractivity contribution >= 4 is 23.6 Å². The van der Waals surface area contributed by atoms with Crippen LogP contribution >= 0.6 is 0 Å². The van der Waals surface area contributed by atoms with Crippen molar-refractivity contribution in [2.24, 2.45) is 11.7 Å². The van der Waals surface area contributed by atoms with Crippen molar-refractivity contribution in [2.45, 2.75) is 39.2 Å². The Kier molecular flexibility index (Phi) is 5.66. The highest BCUT2D eigenvalue weighted by Gasteiger charge is 2.31. The Morgan fingerprint density at radius 2 is 1.84 bits per heavy atom. The minimum atomic E-state index is -0.561. The van der Waals surface area contributed by atoms with E-state index in [0.717, 1.165) is 6.42 Å². The molecule has 7 heteroatoms. The smallest absolute Gasteiger partial charge is 0.410 e. The zero-order valence-electron chi connectivity index (χ0n) is 14.9. The number of primary amides is 1. The predicted molar refractivity (Wildman–Crippen MR) is 94.1 cm³/mol. The summed E-state index contributed by atoms with van der Waals surface area (Å²) in [4.78, 5) is 37.3. The molecule has 7 nitrogen and oxygen atoms in total. The van der Waals surface area contributed by atoms with Crippen molar-refractivity contribution in [3.63, 3.8) is 0 Å². The number of rotatable bonds is 3. The normalized spacial score (nSPS) is 17.7. The van der Waals surface area contributed by atoms with Gasteiger partial charge in [0, 0.05) is 24.3 Å². The number of carbonyl (C=O) groups is 3. The maximum absolute atomic E-state index is 12.5. The summed E-state index contributed by atoms with van der Waals surface area (Å²) in [6.45, 7) is 6.37. The lowest BCUT2D eigenvalue weighted by Gasteiger charge is -2.33. The summed E-state index contributed by atoms with van der Waals surface area (Å²) in [5.74, 6) is -0.963. The Hall–Kier alpha value is -2.57. The molecule has 1 heterocycles. The molecule has 0 spiro atoms. The summed E-state index contributed by atoms with van der Waals surface area (Å²) >= 11 is 0. The molecular formula is C18H25N3O4. The second kappa shape index (κ2) is 7.55. The minimum Gasteiger partial charge on any atom is -0.444 e. The van der Waals surface area contributed by atoms with Gasteiger partial charge in [-0.2, -0.15) is 0 Å². The fourth-order valence-electron chi connectivity index (χ4n) is 2.65. The number of hydrogen-bond acceptors (Lipinski definition) is 4. The average molecular weight is 347 g/mol. The second-order valence-corrected chi connectivity index (χ2v) is 7.20. The van der Waals surface area contributed by atoms with Gasteiger partial charge in [0.1, 0.15) is 5.60 Å². The van der Waals surface area contributed by atoms with E-state index in [0.29, 0.717) is 30.8 Å². The summed E-state index contributed by atoms with van der Waals surface area (Å²) < 4.78 is 5.37. The van der Waals surface area contributed by atoms with Crippen LogP contribution in [0.5, 0.6) is 0 Å². The van der Waals surface area contributed by atoms with Gasteiger partial charge < -0.3 is 20.7 Å². The van der Waals surface area contributed by atoms with Crippen molar-refractivity contribution in [3.05, 3.63) is 29.8 Å². The van der Waals surface area contributed by atoms with Crippen molar-refractivity contribution in [1.29, 1.82) is 0 Å². The first-order valence-corrected chi connectivity index (χ1v) is 8.34. The molecule has 1 aliphatic rings. The Morgan fingerprint density at radius 1 is 1.20 bits per heavy atom. The van der Waals surface area contributed by atoms with Crippen molar-refractivity contribution < 1.29 is 19.1 Å². The molecule has 0 aliphatic carbocycles. The molecular weight excluding hydrogens is 322 g/mol. The maximum Gasteiger partial charge on any atom is 0.410 e. The molecule has 3 amide bonds. The highest BCUT2D eigenvalue weighted by atomic mass is 16.6. The SMILES string of the molecule is CC(C)(C)OC(=O)N1CCCC(C(=O)Nc2ccc(C(N)=O)cc2)C1. The highest BCUT2D eigenvalue weighted by Crippen LogP contribution is 2.21. The van der Waals surface area contributed by atoms with E-state index < -0.39 is 17.6 Å². The van der Waals surface area contributed by atoms with Crippen molar-refractivity contribution in [3.8, 4) is 0 Å². The van der Waals surface area contributed by atoms with Crippen LogP contribution in [0.4, 0.5) is 10.5 Å². The van der Waals surface area contributed by atoms with Gasteiger partial charge in [-0.3, -0.25) is 9.59 Å². The fraction of sp³-hybridized carbons (Fsp3) is 0.500. The molecule has 3 N–H and O–H groups in total. The minimum absolute atomic E-state index is 0.153. The van der Waals surface area contributed by atoms with Crippen LogP contribution in [0.3, 0.4) is 0 Å². The third-order valence-corrected chi connectivity index (χ3v) is 3.88. The molecule has 1 atom stereocenters. The van der Waals surface area contributed by atoms with E-state index in [9.17, 15) is 14.4 Å². The van der Waals surface area contributed by atoms with Gasteiger partial charge in [0.25, 0.3) is 0 Å². The van der Waals surface area contributed by atoms with Crippen LogP contribution in [0.15, 0.2) is 24.3 Å². The molecule has 1 aliphatic heterocycles. The van der Waals surface area contributed by atoms with Crippen molar-refractivity contribution in [1.82, 2.24) is 4.90 Å². The lowest BCUT2D eigenvalue weighted by atomic mass is 9.97. The van der Waals surface area contributed by atoms with Gasteiger partial charge in [-0.1, -0.05) is 0 Å². The fourth-order valence-corrected chi connectivity index (χ4v) is 2.65. The molecule has 0 bridgehead atoms. The van der Waals surface area contributed by atoms with Gasteiger partial charge >= 0.3 is 6.09 Å². The van der Waals surface area contributed by atoms with E-state index in [2.05, 4.69) is 5.32 Å². The van der Waals surface area contributed by atoms with E-state index in [4.69, 9.17) is 10.5 Å². The Balaban J connectivity index is 1.95. The topological polar surface area (TPSA) is 102 Å². The number of likely N-dealkylation sites (tertiary alicyclic amines) is 1. The summed E-state index contributed by atoms with van der Waals surface area (Å²) in [7, 11) is 0. The first-order valence-electron chi connectivity index (χ1n) is 8.34. The number of anilines is 1. The first kappa shape index (κ1) is 18.8. The van der Waals surface area contributed by atoms with Crippen LogP contribution in [-0.4, -0.2) is 41.5 Å². The van der Waals surface area contributed by atoms with E-state index in [1.165, 1.54) is 0 Å². The number of benzene rings is 1. The van der Waals surface area contributed by atoms with Crippen molar-refractivity contribution in [2.75, 3.05) is 18.4 Å². The lowest BCUT2D eigenvalue weighted by Crippen LogP contribution is -2.45. The third kappa shape index (κ3) is 5.48. The summed E-state index contributed by atoms with van der Waals surface area (Å²) in [6, 6.07) is 6.39. The second-order valence-electron chi connectivity index (χ2n) is 7.20. The molecule has 0 saturated carbocycles. The van der Waals surface area contributed by atoms with Gasteiger partial charge in [0.2, 0.25) is 11.8 Å². The third-order valence-electron chi connectivity index (χ3n) is 3.88. The van der Waals surface area contributed by atoms with Crippen LogP contribution in [-0.2, 0) is 9.53 Å². The molecule has 0 aromatic heterocycles. The predicted octanol–water partition coefficient (Wildman–Crippen LogP) is 2.37.